The first-order valence-corrected chi connectivity index (χ1v) is 10.7. The molecular formula is C25H28N2O5. The Kier molecular flexibility index (Phi) is 7.65. The van der Waals surface area contributed by atoms with Crippen LogP contribution in [-0.2, 0) is 17.8 Å². The number of carbonyl (C=O) groups is 1. The topological polar surface area (TPSA) is 90.7 Å². The third kappa shape index (κ3) is 5.75. The van der Waals surface area contributed by atoms with Gasteiger partial charge in [0.1, 0.15) is 23.9 Å². The Labute approximate surface area is 187 Å². The zero-order valence-electron chi connectivity index (χ0n) is 18.5. The normalized spacial score (nSPS) is 11.9. The van der Waals surface area contributed by atoms with Gasteiger partial charge in [-0.3, -0.25) is 9.36 Å². The summed E-state index contributed by atoms with van der Waals surface area (Å²) >= 11 is 0. The van der Waals surface area contributed by atoms with Crippen LogP contribution in [-0.4, -0.2) is 33.3 Å². The summed E-state index contributed by atoms with van der Waals surface area (Å²) in [6.45, 7) is 6.22. The van der Waals surface area contributed by atoms with Crippen molar-refractivity contribution in [2.75, 3.05) is 6.61 Å². The fraction of sp³-hybridized carbons (Fsp3) is 0.320. The first kappa shape index (κ1) is 23.1. The van der Waals surface area contributed by atoms with Crippen molar-refractivity contribution < 1.29 is 19.4 Å². The van der Waals surface area contributed by atoms with Crippen molar-refractivity contribution in [2.24, 2.45) is 5.92 Å². The molecule has 7 heteroatoms. The minimum Gasteiger partial charge on any atom is -0.492 e. The van der Waals surface area contributed by atoms with Gasteiger partial charge in [-0.1, -0.05) is 51.1 Å². The number of aryl methyl sites for hydroxylation is 1. The van der Waals surface area contributed by atoms with Crippen LogP contribution in [0, 0.1) is 5.92 Å². The standard InChI is InChI=1S/C25H28N2O5/c1-4-22-26-21(18-8-6-5-7-9-18)16-23(28)27(22)14-15-31-19-10-12-20(13-11-19)32-24(17(2)3)25(29)30/h5-13,16-17,24H,4,14-15H2,1-3H3,(H,29,30). The maximum absolute atomic E-state index is 12.7. The highest BCUT2D eigenvalue weighted by Gasteiger charge is 2.23. The fourth-order valence-corrected chi connectivity index (χ4v) is 3.31. The molecule has 2 aromatic carbocycles. The second-order valence-electron chi connectivity index (χ2n) is 7.71. The van der Waals surface area contributed by atoms with Crippen molar-refractivity contribution in [3.8, 4) is 22.8 Å². The maximum Gasteiger partial charge on any atom is 0.345 e. The van der Waals surface area contributed by atoms with E-state index in [9.17, 15) is 14.7 Å². The molecule has 3 rings (SSSR count). The molecule has 0 aliphatic carbocycles. The van der Waals surface area contributed by atoms with Gasteiger partial charge in [0.2, 0.25) is 0 Å². The highest BCUT2D eigenvalue weighted by atomic mass is 16.5. The summed E-state index contributed by atoms with van der Waals surface area (Å²) in [6, 6.07) is 18.0. The van der Waals surface area contributed by atoms with Crippen LogP contribution in [0.2, 0.25) is 0 Å². The molecule has 0 fully saturated rings. The molecule has 0 aliphatic heterocycles. The lowest BCUT2D eigenvalue weighted by Gasteiger charge is -2.18. The lowest BCUT2D eigenvalue weighted by atomic mass is 10.1. The first-order chi connectivity index (χ1) is 15.4. The Morgan fingerprint density at radius 1 is 1.06 bits per heavy atom. The molecule has 168 valence electrons. The zero-order valence-corrected chi connectivity index (χ0v) is 18.5. The highest BCUT2D eigenvalue weighted by molar-refractivity contribution is 5.73. The quantitative estimate of drug-likeness (QED) is 0.516. The Morgan fingerprint density at radius 2 is 1.72 bits per heavy atom. The molecule has 0 bridgehead atoms. The van der Waals surface area contributed by atoms with Crippen LogP contribution in [0.3, 0.4) is 0 Å². The van der Waals surface area contributed by atoms with Crippen molar-refractivity contribution in [3.05, 3.63) is 76.8 Å². The van der Waals surface area contributed by atoms with Gasteiger partial charge in [-0.15, -0.1) is 0 Å². The number of aliphatic carboxylic acids is 1. The molecule has 1 atom stereocenters. The number of hydrogen-bond acceptors (Lipinski definition) is 5. The largest absolute Gasteiger partial charge is 0.492 e. The molecule has 0 aliphatic rings. The molecule has 0 amide bonds. The number of ether oxygens (including phenoxy) is 2. The number of hydrogen-bond donors (Lipinski definition) is 1. The molecule has 1 aromatic heterocycles. The number of carboxylic acids is 1. The predicted octanol–water partition coefficient (Wildman–Crippen LogP) is 4.04. The average Bonchev–Trinajstić information content (AvgIpc) is 2.79. The number of rotatable bonds is 10. The van der Waals surface area contributed by atoms with Crippen molar-refractivity contribution in [1.82, 2.24) is 9.55 Å². The molecule has 0 saturated carbocycles. The minimum absolute atomic E-state index is 0.114. The lowest BCUT2D eigenvalue weighted by molar-refractivity contribution is -0.147. The molecule has 1 heterocycles. The van der Waals surface area contributed by atoms with Crippen LogP contribution in [0.1, 0.15) is 26.6 Å². The molecule has 7 nitrogen and oxygen atoms in total. The second-order valence-corrected chi connectivity index (χ2v) is 7.71. The van der Waals surface area contributed by atoms with Crippen molar-refractivity contribution in [3.63, 3.8) is 0 Å². The van der Waals surface area contributed by atoms with Gasteiger partial charge in [0.15, 0.2) is 6.10 Å². The highest BCUT2D eigenvalue weighted by Crippen LogP contribution is 2.21. The van der Waals surface area contributed by atoms with E-state index in [-0.39, 0.29) is 11.5 Å². The molecule has 1 unspecified atom stereocenters. The average molecular weight is 437 g/mol. The molecule has 1 N–H and O–H groups in total. The van der Waals surface area contributed by atoms with E-state index in [2.05, 4.69) is 4.98 Å². The molecule has 0 saturated heterocycles. The molecule has 0 spiro atoms. The van der Waals surface area contributed by atoms with E-state index in [1.807, 2.05) is 37.3 Å². The lowest BCUT2D eigenvalue weighted by Crippen LogP contribution is -2.32. The van der Waals surface area contributed by atoms with Crippen molar-refractivity contribution in [1.29, 1.82) is 0 Å². The summed E-state index contributed by atoms with van der Waals surface area (Å²) in [5, 5.41) is 9.25. The van der Waals surface area contributed by atoms with E-state index in [1.165, 1.54) is 0 Å². The molecule has 0 radical (unpaired) electrons. The van der Waals surface area contributed by atoms with E-state index >= 15 is 0 Å². The molecular weight excluding hydrogens is 408 g/mol. The van der Waals surface area contributed by atoms with Gasteiger partial charge in [0.05, 0.1) is 12.2 Å². The minimum atomic E-state index is -0.996. The monoisotopic (exact) mass is 436 g/mol. The van der Waals surface area contributed by atoms with Gasteiger partial charge in [-0.2, -0.15) is 0 Å². The smallest absolute Gasteiger partial charge is 0.345 e. The third-order valence-electron chi connectivity index (χ3n) is 4.99. The van der Waals surface area contributed by atoms with E-state index in [0.29, 0.717) is 42.6 Å². The van der Waals surface area contributed by atoms with Gasteiger partial charge in [0.25, 0.3) is 5.56 Å². The van der Waals surface area contributed by atoms with E-state index in [0.717, 1.165) is 5.56 Å². The molecule has 3 aromatic rings. The van der Waals surface area contributed by atoms with Crippen LogP contribution < -0.4 is 15.0 Å². The summed E-state index contributed by atoms with van der Waals surface area (Å²) < 4.78 is 13.0. The summed E-state index contributed by atoms with van der Waals surface area (Å²) in [4.78, 5) is 28.6. The first-order valence-electron chi connectivity index (χ1n) is 10.7. The van der Waals surface area contributed by atoms with Crippen LogP contribution >= 0.6 is 0 Å². The van der Waals surface area contributed by atoms with E-state index in [1.54, 1.807) is 48.7 Å². The number of nitrogens with zero attached hydrogens (tertiary/aromatic N) is 2. The van der Waals surface area contributed by atoms with Crippen molar-refractivity contribution in [2.45, 2.75) is 39.8 Å². The Hall–Kier alpha value is -3.61. The Bertz CT molecular complexity index is 1090. The third-order valence-corrected chi connectivity index (χ3v) is 4.99. The van der Waals surface area contributed by atoms with Crippen LogP contribution in [0.5, 0.6) is 11.5 Å². The number of benzene rings is 2. The second kappa shape index (κ2) is 10.6. The maximum atomic E-state index is 12.7. The molecule has 32 heavy (non-hydrogen) atoms. The van der Waals surface area contributed by atoms with Crippen molar-refractivity contribution >= 4 is 5.97 Å². The zero-order chi connectivity index (χ0) is 23.1. The van der Waals surface area contributed by atoms with Gasteiger partial charge < -0.3 is 14.6 Å². The van der Waals surface area contributed by atoms with Crippen LogP contribution in [0.25, 0.3) is 11.3 Å². The number of aromatic nitrogens is 2. The van der Waals surface area contributed by atoms with Gasteiger partial charge in [0, 0.05) is 24.0 Å². The van der Waals surface area contributed by atoms with Gasteiger partial charge in [-0.25, -0.2) is 9.78 Å². The summed E-state index contributed by atoms with van der Waals surface area (Å²) in [6.07, 6.45) is -0.282. The van der Waals surface area contributed by atoms with E-state index < -0.39 is 12.1 Å². The van der Waals surface area contributed by atoms with Gasteiger partial charge >= 0.3 is 5.97 Å². The van der Waals surface area contributed by atoms with Crippen LogP contribution in [0.15, 0.2) is 65.5 Å². The Balaban J connectivity index is 1.64. The predicted molar refractivity (Wildman–Crippen MR) is 122 cm³/mol. The fourth-order valence-electron chi connectivity index (χ4n) is 3.31. The van der Waals surface area contributed by atoms with Gasteiger partial charge in [-0.05, 0) is 24.3 Å². The SMILES string of the molecule is CCc1nc(-c2ccccc2)cc(=O)n1CCOc1ccc(OC(C(=O)O)C(C)C)cc1. The summed E-state index contributed by atoms with van der Waals surface area (Å²) in [5.74, 6) is 0.621. The van der Waals surface area contributed by atoms with E-state index in [4.69, 9.17) is 9.47 Å². The summed E-state index contributed by atoms with van der Waals surface area (Å²) in [5.41, 5.74) is 1.46. The number of carboxylic acid groups (broad SMARTS) is 1. The summed E-state index contributed by atoms with van der Waals surface area (Å²) in [7, 11) is 0. The van der Waals surface area contributed by atoms with Crippen LogP contribution in [0.4, 0.5) is 0 Å². The Morgan fingerprint density at radius 3 is 2.31 bits per heavy atom.